The first-order valence-corrected chi connectivity index (χ1v) is 11.2. The third-order valence-electron chi connectivity index (χ3n) is 4.07. The lowest BCUT2D eigenvalue weighted by Crippen LogP contribution is -2.46. The van der Waals surface area contributed by atoms with Crippen LogP contribution in [0.1, 0.15) is 5.56 Å². The standard InChI is InChI=1S/C20H15Cl3N2O5S2/c1-28-14-4-3-10(5-16(14)29-2)6-17-19(27)25(20(31)32-17)24-18(26)9-30-15-8-12(22)11(21)7-13(15)23/h3-8H,9H2,1-2H3,(H,24,26). The van der Waals surface area contributed by atoms with E-state index >= 15 is 0 Å². The van der Waals surface area contributed by atoms with E-state index in [1.54, 1.807) is 24.3 Å². The number of amides is 2. The van der Waals surface area contributed by atoms with Crippen molar-refractivity contribution in [2.75, 3.05) is 20.8 Å². The maximum Gasteiger partial charge on any atom is 0.285 e. The van der Waals surface area contributed by atoms with E-state index in [0.29, 0.717) is 22.0 Å². The summed E-state index contributed by atoms with van der Waals surface area (Å²) in [6, 6.07) is 8.00. The van der Waals surface area contributed by atoms with Gasteiger partial charge in [0.05, 0.1) is 34.2 Å². The molecule has 3 rings (SSSR count). The first-order chi connectivity index (χ1) is 15.2. The van der Waals surface area contributed by atoms with Gasteiger partial charge in [0.15, 0.2) is 22.4 Å². The number of methoxy groups -OCH3 is 2. The lowest BCUT2D eigenvalue weighted by atomic mass is 10.2. The van der Waals surface area contributed by atoms with Crippen molar-refractivity contribution >= 4 is 81.0 Å². The van der Waals surface area contributed by atoms with Gasteiger partial charge in [0.1, 0.15) is 5.75 Å². The molecule has 0 spiro atoms. The number of carbonyl (C=O) groups is 2. The molecule has 168 valence electrons. The highest BCUT2D eigenvalue weighted by atomic mass is 35.5. The predicted octanol–water partition coefficient (Wildman–Crippen LogP) is 4.98. The Morgan fingerprint density at radius 3 is 2.44 bits per heavy atom. The molecular weight excluding hydrogens is 519 g/mol. The summed E-state index contributed by atoms with van der Waals surface area (Å²) in [4.78, 5) is 25.4. The molecule has 1 N–H and O–H groups in total. The number of thiocarbonyl (C=S) groups is 1. The maximum atomic E-state index is 12.7. The Bertz CT molecular complexity index is 1130. The van der Waals surface area contributed by atoms with Gasteiger partial charge < -0.3 is 14.2 Å². The second kappa shape index (κ2) is 10.6. The van der Waals surface area contributed by atoms with Crippen LogP contribution in [0.3, 0.4) is 0 Å². The highest BCUT2D eigenvalue weighted by Crippen LogP contribution is 2.35. The van der Waals surface area contributed by atoms with Crippen molar-refractivity contribution in [3.8, 4) is 17.2 Å². The number of hydrogen-bond acceptors (Lipinski definition) is 7. The van der Waals surface area contributed by atoms with Crippen LogP contribution in [0.4, 0.5) is 0 Å². The van der Waals surface area contributed by atoms with Gasteiger partial charge >= 0.3 is 0 Å². The Morgan fingerprint density at radius 2 is 1.75 bits per heavy atom. The monoisotopic (exact) mass is 532 g/mol. The largest absolute Gasteiger partial charge is 0.493 e. The van der Waals surface area contributed by atoms with E-state index in [4.69, 9.17) is 61.2 Å². The Morgan fingerprint density at radius 1 is 1.06 bits per heavy atom. The van der Waals surface area contributed by atoms with Crippen LogP contribution in [0.25, 0.3) is 6.08 Å². The average molecular weight is 534 g/mol. The van der Waals surface area contributed by atoms with Gasteiger partial charge in [-0.05, 0) is 42.1 Å². The molecule has 0 radical (unpaired) electrons. The molecule has 1 saturated heterocycles. The summed E-state index contributed by atoms with van der Waals surface area (Å²) in [5, 5.41) is 1.65. The lowest BCUT2D eigenvalue weighted by molar-refractivity contribution is -0.134. The summed E-state index contributed by atoms with van der Waals surface area (Å²) >= 11 is 24.1. The lowest BCUT2D eigenvalue weighted by Gasteiger charge is -2.16. The molecule has 12 heteroatoms. The number of halogens is 3. The molecule has 0 atom stereocenters. The third-order valence-corrected chi connectivity index (χ3v) is 6.39. The van der Waals surface area contributed by atoms with Crippen molar-refractivity contribution in [2.45, 2.75) is 0 Å². The molecule has 0 unspecified atom stereocenters. The van der Waals surface area contributed by atoms with Crippen molar-refractivity contribution in [3.05, 3.63) is 55.9 Å². The quantitative estimate of drug-likeness (QED) is 0.306. The van der Waals surface area contributed by atoms with Gasteiger partial charge in [-0.25, -0.2) is 0 Å². The van der Waals surface area contributed by atoms with Crippen molar-refractivity contribution in [1.29, 1.82) is 0 Å². The van der Waals surface area contributed by atoms with Gasteiger partial charge in [0.2, 0.25) is 0 Å². The van der Waals surface area contributed by atoms with Crippen LogP contribution in [0.5, 0.6) is 17.2 Å². The van der Waals surface area contributed by atoms with Gasteiger partial charge in [0.25, 0.3) is 11.8 Å². The van der Waals surface area contributed by atoms with Crippen molar-refractivity contribution in [2.24, 2.45) is 0 Å². The molecule has 2 aromatic rings. The molecule has 0 aliphatic carbocycles. The molecule has 2 amide bonds. The fourth-order valence-electron chi connectivity index (χ4n) is 2.57. The summed E-state index contributed by atoms with van der Waals surface area (Å²) < 4.78 is 16.0. The highest BCUT2D eigenvalue weighted by Gasteiger charge is 2.33. The Balaban J connectivity index is 1.66. The van der Waals surface area contributed by atoms with Gasteiger partial charge in [-0.1, -0.05) is 52.6 Å². The van der Waals surface area contributed by atoms with Crippen molar-refractivity contribution < 1.29 is 23.8 Å². The van der Waals surface area contributed by atoms with Crippen molar-refractivity contribution in [1.82, 2.24) is 10.4 Å². The molecule has 1 heterocycles. The predicted molar refractivity (Wildman–Crippen MR) is 130 cm³/mol. The number of benzene rings is 2. The second-order valence-electron chi connectivity index (χ2n) is 6.15. The van der Waals surface area contributed by atoms with Gasteiger partial charge in [-0.15, -0.1) is 0 Å². The minimum Gasteiger partial charge on any atom is -0.493 e. The number of thioether (sulfide) groups is 1. The number of ether oxygens (including phenoxy) is 3. The molecule has 2 aromatic carbocycles. The normalized spacial score (nSPS) is 14.7. The summed E-state index contributed by atoms with van der Waals surface area (Å²) in [7, 11) is 3.05. The molecule has 1 aliphatic rings. The first kappa shape index (κ1) is 24.5. The zero-order chi connectivity index (χ0) is 23.4. The number of nitrogens with one attached hydrogen (secondary N) is 1. The first-order valence-electron chi connectivity index (χ1n) is 8.80. The topological polar surface area (TPSA) is 77.1 Å². The fourth-order valence-corrected chi connectivity index (χ4v) is 4.34. The molecule has 1 aliphatic heterocycles. The summed E-state index contributed by atoms with van der Waals surface area (Å²) in [6.45, 7) is -0.427. The molecule has 32 heavy (non-hydrogen) atoms. The number of nitrogens with zero attached hydrogens (tertiary/aromatic N) is 1. The van der Waals surface area contributed by atoms with Crippen LogP contribution in [0.2, 0.25) is 15.1 Å². The second-order valence-corrected chi connectivity index (χ2v) is 9.05. The number of hydrogen-bond donors (Lipinski definition) is 1. The van der Waals surface area contributed by atoms with E-state index in [2.05, 4.69) is 5.43 Å². The summed E-state index contributed by atoms with van der Waals surface area (Å²) in [5.41, 5.74) is 3.12. The highest BCUT2D eigenvalue weighted by molar-refractivity contribution is 8.26. The van der Waals surface area contributed by atoms with Crippen LogP contribution in [0.15, 0.2) is 35.2 Å². The van der Waals surface area contributed by atoms with Gasteiger partial charge in [-0.3, -0.25) is 15.0 Å². The van der Waals surface area contributed by atoms with E-state index in [9.17, 15) is 9.59 Å². The zero-order valence-corrected chi connectivity index (χ0v) is 20.5. The smallest absolute Gasteiger partial charge is 0.285 e. The van der Waals surface area contributed by atoms with E-state index in [-0.39, 0.29) is 25.1 Å². The molecule has 0 saturated carbocycles. The van der Waals surface area contributed by atoms with E-state index in [0.717, 1.165) is 16.8 Å². The number of hydrazine groups is 1. The zero-order valence-electron chi connectivity index (χ0n) is 16.6. The number of carbonyl (C=O) groups excluding carboxylic acids is 2. The molecule has 0 aromatic heterocycles. The van der Waals surface area contributed by atoms with Gasteiger partial charge in [0, 0.05) is 6.07 Å². The SMILES string of the molecule is COc1ccc(C=C2SC(=S)N(NC(=O)COc3cc(Cl)c(Cl)cc3Cl)C2=O)cc1OC. The molecule has 1 fully saturated rings. The molecule has 7 nitrogen and oxygen atoms in total. The summed E-state index contributed by atoms with van der Waals surface area (Å²) in [6.07, 6.45) is 1.64. The molecule has 0 bridgehead atoms. The minimum atomic E-state index is -0.615. The maximum absolute atomic E-state index is 12.7. The van der Waals surface area contributed by atoms with Crippen LogP contribution in [0, 0.1) is 0 Å². The number of rotatable bonds is 7. The van der Waals surface area contributed by atoms with Crippen LogP contribution >= 0.6 is 58.8 Å². The summed E-state index contributed by atoms with van der Waals surface area (Å²) in [5.74, 6) is 0.163. The van der Waals surface area contributed by atoms with Gasteiger partial charge in [-0.2, -0.15) is 5.01 Å². The van der Waals surface area contributed by atoms with E-state index < -0.39 is 18.4 Å². The Kier molecular flexibility index (Phi) is 8.13. The minimum absolute atomic E-state index is 0.169. The van der Waals surface area contributed by atoms with E-state index in [1.807, 2.05) is 0 Å². The molecular formula is C20H15Cl3N2O5S2. The fraction of sp³-hybridized carbons (Fsp3) is 0.150. The van der Waals surface area contributed by atoms with Crippen molar-refractivity contribution in [3.63, 3.8) is 0 Å². The van der Waals surface area contributed by atoms with Crippen LogP contribution in [-0.4, -0.2) is 42.0 Å². The average Bonchev–Trinajstić information content (AvgIpc) is 3.02. The Labute approximate surface area is 208 Å². The Hall–Kier alpha value is -2.17. The van der Waals surface area contributed by atoms with Crippen LogP contribution in [-0.2, 0) is 9.59 Å². The van der Waals surface area contributed by atoms with Crippen LogP contribution < -0.4 is 19.6 Å². The van der Waals surface area contributed by atoms with E-state index in [1.165, 1.54) is 26.4 Å². The third kappa shape index (κ3) is 5.60.